The molecule has 0 aliphatic carbocycles. The van der Waals surface area contributed by atoms with Crippen molar-refractivity contribution in [1.29, 1.82) is 0 Å². The Morgan fingerprint density at radius 2 is 1.64 bits per heavy atom. The van der Waals surface area contributed by atoms with Crippen LogP contribution in [-0.4, -0.2) is 26.5 Å². The molecule has 6 heteroatoms. The first kappa shape index (κ1) is 19.7. The van der Waals surface area contributed by atoms with Crippen LogP contribution in [0.3, 0.4) is 0 Å². The largest absolute Gasteiger partial charge is 0.322 e. The molecule has 0 unspecified atom stereocenters. The van der Waals surface area contributed by atoms with Crippen molar-refractivity contribution in [2.75, 3.05) is 5.32 Å². The van der Waals surface area contributed by atoms with Crippen LogP contribution in [0.5, 0.6) is 0 Å². The summed E-state index contributed by atoms with van der Waals surface area (Å²) < 4.78 is 0. The zero-order chi connectivity index (χ0) is 19.6. The van der Waals surface area contributed by atoms with E-state index in [4.69, 9.17) is 0 Å². The Kier molecular flexibility index (Phi) is 7.29. The third-order valence-corrected chi connectivity index (χ3v) is 4.78. The molecule has 3 rings (SSSR count). The zero-order valence-corrected chi connectivity index (χ0v) is 16.3. The fourth-order valence-electron chi connectivity index (χ4n) is 3.12. The minimum Gasteiger partial charge on any atom is -0.322 e. The van der Waals surface area contributed by atoms with E-state index in [1.807, 2.05) is 24.3 Å². The van der Waals surface area contributed by atoms with Crippen molar-refractivity contribution in [3.8, 4) is 11.4 Å². The number of anilines is 1. The summed E-state index contributed by atoms with van der Waals surface area (Å²) in [5.41, 5.74) is 3.52. The fraction of sp³-hybridized carbons (Fsp3) is 0.364. The number of nitrogens with zero attached hydrogens (tertiary/aromatic N) is 3. The lowest BCUT2D eigenvalue weighted by molar-refractivity contribution is 0.102. The molecule has 1 amide bonds. The van der Waals surface area contributed by atoms with Gasteiger partial charge in [-0.1, -0.05) is 63.3 Å². The Morgan fingerprint density at radius 3 is 2.32 bits per heavy atom. The van der Waals surface area contributed by atoms with Crippen LogP contribution in [0.2, 0.25) is 0 Å². The van der Waals surface area contributed by atoms with Crippen LogP contribution >= 0.6 is 0 Å². The van der Waals surface area contributed by atoms with E-state index in [2.05, 4.69) is 45.0 Å². The van der Waals surface area contributed by atoms with Crippen molar-refractivity contribution in [1.82, 2.24) is 20.6 Å². The van der Waals surface area contributed by atoms with Gasteiger partial charge in [-0.2, -0.15) is 5.21 Å². The van der Waals surface area contributed by atoms with Gasteiger partial charge in [-0.05, 0) is 47.9 Å². The highest BCUT2D eigenvalue weighted by Crippen LogP contribution is 2.17. The van der Waals surface area contributed by atoms with E-state index in [0.717, 1.165) is 17.7 Å². The summed E-state index contributed by atoms with van der Waals surface area (Å²) in [5, 5.41) is 16.8. The number of rotatable bonds is 10. The van der Waals surface area contributed by atoms with Gasteiger partial charge in [0, 0.05) is 16.8 Å². The predicted octanol–water partition coefficient (Wildman–Crippen LogP) is 5.02. The standard InChI is InChI=1S/C22H27N5O/c1-2-3-4-5-6-7-8-17-9-15-20(16-10-17)23-22(28)19-13-11-18(12-14-19)21-24-26-27-25-21/h9-16H,2-8H2,1H3,(H,23,28)(H,24,25,26,27). The molecule has 0 fully saturated rings. The highest BCUT2D eigenvalue weighted by atomic mass is 16.1. The van der Waals surface area contributed by atoms with Gasteiger partial charge in [0.25, 0.3) is 5.91 Å². The number of hydrogen-bond acceptors (Lipinski definition) is 4. The molecule has 0 atom stereocenters. The number of aromatic nitrogens is 4. The molecule has 0 bridgehead atoms. The molecule has 2 aromatic carbocycles. The van der Waals surface area contributed by atoms with Crippen LogP contribution < -0.4 is 5.32 Å². The fourth-order valence-corrected chi connectivity index (χ4v) is 3.12. The summed E-state index contributed by atoms with van der Waals surface area (Å²) >= 11 is 0. The number of amides is 1. The number of unbranched alkanes of at least 4 members (excludes halogenated alkanes) is 5. The molecule has 28 heavy (non-hydrogen) atoms. The Balaban J connectivity index is 1.47. The van der Waals surface area contributed by atoms with Crippen molar-refractivity contribution < 1.29 is 4.79 Å². The molecule has 6 nitrogen and oxygen atoms in total. The minimum atomic E-state index is -0.136. The number of tetrazole rings is 1. The Morgan fingerprint density at radius 1 is 0.929 bits per heavy atom. The van der Waals surface area contributed by atoms with Crippen LogP contribution in [0.4, 0.5) is 5.69 Å². The van der Waals surface area contributed by atoms with Gasteiger partial charge in [0.15, 0.2) is 0 Å². The van der Waals surface area contributed by atoms with E-state index >= 15 is 0 Å². The molecule has 2 N–H and O–H groups in total. The van der Waals surface area contributed by atoms with Crippen LogP contribution in [0.25, 0.3) is 11.4 Å². The first-order chi connectivity index (χ1) is 13.8. The summed E-state index contributed by atoms with van der Waals surface area (Å²) in [5.74, 6) is 0.372. The second-order valence-corrected chi connectivity index (χ2v) is 6.98. The maximum absolute atomic E-state index is 12.4. The number of carbonyl (C=O) groups excluding carboxylic acids is 1. The van der Waals surface area contributed by atoms with Crippen molar-refractivity contribution in [2.24, 2.45) is 0 Å². The number of aryl methyl sites for hydroxylation is 1. The van der Waals surface area contributed by atoms with Gasteiger partial charge in [0.05, 0.1) is 0 Å². The Bertz CT molecular complexity index is 842. The molecule has 0 saturated heterocycles. The quantitative estimate of drug-likeness (QED) is 0.486. The molecular weight excluding hydrogens is 350 g/mol. The maximum Gasteiger partial charge on any atom is 0.255 e. The highest BCUT2D eigenvalue weighted by Gasteiger charge is 2.08. The van der Waals surface area contributed by atoms with Crippen molar-refractivity contribution in [3.63, 3.8) is 0 Å². The Hall–Kier alpha value is -3.02. The summed E-state index contributed by atoms with van der Waals surface area (Å²) in [6.45, 7) is 2.24. The van der Waals surface area contributed by atoms with E-state index in [0.29, 0.717) is 11.4 Å². The van der Waals surface area contributed by atoms with E-state index < -0.39 is 0 Å². The summed E-state index contributed by atoms with van der Waals surface area (Å²) in [7, 11) is 0. The SMILES string of the molecule is CCCCCCCCc1ccc(NC(=O)c2ccc(-c3nn[nH]n3)cc2)cc1. The lowest BCUT2D eigenvalue weighted by Gasteiger charge is -2.07. The average molecular weight is 377 g/mol. The van der Waals surface area contributed by atoms with E-state index in [1.165, 1.54) is 44.1 Å². The lowest BCUT2D eigenvalue weighted by atomic mass is 10.0. The highest BCUT2D eigenvalue weighted by molar-refractivity contribution is 6.04. The molecule has 0 spiro atoms. The normalized spacial score (nSPS) is 10.8. The topological polar surface area (TPSA) is 83.6 Å². The van der Waals surface area contributed by atoms with Crippen LogP contribution in [-0.2, 0) is 6.42 Å². The minimum absolute atomic E-state index is 0.136. The molecule has 0 radical (unpaired) electrons. The first-order valence-corrected chi connectivity index (χ1v) is 10.0. The van der Waals surface area contributed by atoms with Gasteiger partial charge in [-0.3, -0.25) is 4.79 Å². The smallest absolute Gasteiger partial charge is 0.255 e. The molecule has 146 valence electrons. The molecule has 3 aromatic rings. The number of H-pyrrole nitrogens is 1. The van der Waals surface area contributed by atoms with E-state index in [-0.39, 0.29) is 5.91 Å². The van der Waals surface area contributed by atoms with Crippen LogP contribution in [0.15, 0.2) is 48.5 Å². The second kappa shape index (κ2) is 10.3. The zero-order valence-electron chi connectivity index (χ0n) is 16.3. The van der Waals surface area contributed by atoms with Gasteiger partial charge < -0.3 is 5.32 Å². The second-order valence-electron chi connectivity index (χ2n) is 6.98. The third kappa shape index (κ3) is 5.74. The van der Waals surface area contributed by atoms with Gasteiger partial charge in [0.2, 0.25) is 5.82 Å². The summed E-state index contributed by atoms with van der Waals surface area (Å²) in [4.78, 5) is 12.4. The van der Waals surface area contributed by atoms with Gasteiger partial charge >= 0.3 is 0 Å². The van der Waals surface area contributed by atoms with E-state index in [1.54, 1.807) is 12.1 Å². The van der Waals surface area contributed by atoms with Gasteiger partial charge in [-0.25, -0.2) is 0 Å². The monoisotopic (exact) mass is 377 g/mol. The first-order valence-electron chi connectivity index (χ1n) is 10.0. The van der Waals surface area contributed by atoms with Gasteiger partial charge in [-0.15, -0.1) is 10.2 Å². The number of nitrogens with one attached hydrogen (secondary N) is 2. The van der Waals surface area contributed by atoms with Crippen molar-refractivity contribution in [2.45, 2.75) is 51.9 Å². The maximum atomic E-state index is 12.4. The number of carbonyl (C=O) groups is 1. The third-order valence-electron chi connectivity index (χ3n) is 4.78. The molecule has 1 heterocycles. The molecule has 0 aliphatic heterocycles. The van der Waals surface area contributed by atoms with E-state index in [9.17, 15) is 4.79 Å². The van der Waals surface area contributed by atoms with Crippen molar-refractivity contribution in [3.05, 3.63) is 59.7 Å². The van der Waals surface area contributed by atoms with Crippen molar-refractivity contribution >= 4 is 11.6 Å². The molecular formula is C22H27N5O. The van der Waals surface area contributed by atoms with Gasteiger partial charge in [0.1, 0.15) is 0 Å². The molecule has 1 aromatic heterocycles. The number of hydrogen-bond donors (Lipinski definition) is 2. The average Bonchev–Trinajstić information content (AvgIpc) is 3.27. The number of benzene rings is 2. The molecule has 0 aliphatic rings. The Labute approximate surface area is 165 Å². The lowest BCUT2D eigenvalue weighted by Crippen LogP contribution is -2.11. The number of aromatic amines is 1. The molecule has 0 saturated carbocycles. The van der Waals surface area contributed by atoms with Crippen LogP contribution in [0.1, 0.15) is 61.4 Å². The summed E-state index contributed by atoms with van der Waals surface area (Å²) in [6, 6.07) is 15.3. The van der Waals surface area contributed by atoms with Crippen LogP contribution in [0, 0.1) is 0 Å². The predicted molar refractivity (Wildman–Crippen MR) is 111 cm³/mol. The summed E-state index contributed by atoms with van der Waals surface area (Å²) in [6.07, 6.45) is 8.91.